The van der Waals surface area contributed by atoms with Crippen LogP contribution in [-0.2, 0) is 23.0 Å². The molecular formula is C22H24N2O4S. The maximum atomic E-state index is 12.6. The number of benzene rings is 2. The summed E-state index contributed by atoms with van der Waals surface area (Å²) in [6, 6.07) is 18.0. The van der Waals surface area contributed by atoms with Crippen molar-refractivity contribution in [1.29, 1.82) is 0 Å². The second kappa shape index (κ2) is 9.54. The van der Waals surface area contributed by atoms with Crippen LogP contribution >= 0.6 is 0 Å². The maximum absolute atomic E-state index is 12.6. The summed E-state index contributed by atoms with van der Waals surface area (Å²) in [5.41, 5.74) is 2.29. The third kappa shape index (κ3) is 5.79. The number of nitrogens with one attached hydrogen (secondary N) is 2. The van der Waals surface area contributed by atoms with E-state index in [1.165, 1.54) is 24.0 Å². The largest absolute Gasteiger partial charge is 0.468 e. The molecule has 0 bridgehead atoms. The van der Waals surface area contributed by atoms with Crippen LogP contribution < -0.4 is 10.0 Å². The van der Waals surface area contributed by atoms with Gasteiger partial charge < -0.3 is 9.73 Å². The van der Waals surface area contributed by atoms with Crippen LogP contribution in [-0.4, -0.2) is 20.9 Å². The number of rotatable bonds is 9. The highest BCUT2D eigenvalue weighted by Gasteiger charge is 2.18. The highest BCUT2D eigenvalue weighted by molar-refractivity contribution is 7.89. The fourth-order valence-electron chi connectivity index (χ4n) is 2.91. The second-order valence-electron chi connectivity index (χ2n) is 6.73. The van der Waals surface area contributed by atoms with Crippen LogP contribution in [0.3, 0.4) is 0 Å². The molecule has 0 aliphatic carbocycles. The predicted octanol–water partition coefficient (Wildman–Crippen LogP) is 3.43. The van der Waals surface area contributed by atoms with Crippen molar-refractivity contribution in [3.8, 4) is 0 Å². The first-order valence-corrected chi connectivity index (χ1v) is 10.9. The molecule has 6 nitrogen and oxygen atoms in total. The summed E-state index contributed by atoms with van der Waals surface area (Å²) < 4.78 is 32.7. The van der Waals surface area contributed by atoms with Gasteiger partial charge in [0.15, 0.2) is 0 Å². The molecule has 3 rings (SSSR count). The molecule has 0 radical (unpaired) electrons. The Labute approximate surface area is 171 Å². The fraction of sp³-hybridized carbons (Fsp3) is 0.227. The van der Waals surface area contributed by atoms with Gasteiger partial charge in [0.2, 0.25) is 10.0 Å². The number of amides is 1. The molecule has 0 fully saturated rings. The lowest BCUT2D eigenvalue weighted by Gasteiger charge is -2.11. The summed E-state index contributed by atoms with van der Waals surface area (Å²) in [4.78, 5) is 12.6. The Bertz CT molecular complexity index is 1050. The van der Waals surface area contributed by atoms with Crippen molar-refractivity contribution >= 4 is 15.9 Å². The molecule has 0 unspecified atom stereocenters. The first-order valence-electron chi connectivity index (χ1n) is 9.40. The van der Waals surface area contributed by atoms with E-state index in [9.17, 15) is 13.2 Å². The molecular weight excluding hydrogens is 388 g/mol. The summed E-state index contributed by atoms with van der Waals surface area (Å²) in [5, 5.41) is 2.87. The van der Waals surface area contributed by atoms with Crippen molar-refractivity contribution in [2.24, 2.45) is 0 Å². The van der Waals surface area contributed by atoms with E-state index in [0.29, 0.717) is 17.9 Å². The molecule has 7 heteroatoms. The molecule has 2 N–H and O–H groups in total. The minimum atomic E-state index is -3.76. The Morgan fingerprint density at radius 2 is 1.83 bits per heavy atom. The van der Waals surface area contributed by atoms with E-state index in [0.717, 1.165) is 18.4 Å². The molecule has 0 saturated carbocycles. The molecule has 29 heavy (non-hydrogen) atoms. The third-order valence-corrected chi connectivity index (χ3v) is 5.95. The van der Waals surface area contributed by atoms with Gasteiger partial charge in [-0.3, -0.25) is 4.79 Å². The Balaban J connectivity index is 1.60. The first-order chi connectivity index (χ1) is 14.0. The van der Waals surface area contributed by atoms with Gasteiger partial charge in [0.25, 0.3) is 5.91 Å². The number of carbonyl (C=O) groups excluding carboxylic acids is 1. The Hall–Kier alpha value is -2.90. The summed E-state index contributed by atoms with van der Waals surface area (Å²) in [5.74, 6) is 0.232. The zero-order valence-electron chi connectivity index (χ0n) is 16.2. The zero-order valence-corrected chi connectivity index (χ0v) is 17.0. The molecule has 1 aromatic heterocycles. The lowest BCUT2D eigenvalue weighted by molar-refractivity contribution is 0.0952. The van der Waals surface area contributed by atoms with Crippen molar-refractivity contribution in [3.05, 3.63) is 89.4 Å². The number of furan rings is 1. The smallest absolute Gasteiger partial charge is 0.251 e. The zero-order chi connectivity index (χ0) is 20.7. The average molecular weight is 413 g/mol. The molecule has 0 saturated heterocycles. The van der Waals surface area contributed by atoms with Crippen LogP contribution in [0.2, 0.25) is 0 Å². The van der Waals surface area contributed by atoms with Crippen LogP contribution in [0, 0.1) is 6.92 Å². The molecule has 0 aliphatic rings. The maximum Gasteiger partial charge on any atom is 0.251 e. The van der Waals surface area contributed by atoms with E-state index < -0.39 is 10.0 Å². The number of hydrogen-bond donors (Lipinski definition) is 2. The van der Waals surface area contributed by atoms with Gasteiger partial charge >= 0.3 is 0 Å². The predicted molar refractivity (Wildman–Crippen MR) is 111 cm³/mol. The molecule has 0 aliphatic heterocycles. The number of hydrogen-bond acceptors (Lipinski definition) is 4. The van der Waals surface area contributed by atoms with E-state index in [2.05, 4.69) is 22.2 Å². The van der Waals surface area contributed by atoms with Gasteiger partial charge in [0, 0.05) is 12.1 Å². The molecule has 1 heterocycles. The van der Waals surface area contributed by atoms with Gasteiger partial charge in [0.1, 0.15) is 5.76 Å². The van der Waals surface area contributed by atoms with Crippen molar-refractivity contribution in [2.45, 2.75) is 31.2 Å². The van der Waals surface area contributed by atoms with Gasteiger partial charge in [-0.15, -0.1) is 0 Å². The summed E-state index contributed by atoms with van der Waals surface area (Å²) in [6.07, 6.45) is 3.15. The normalized spacial score (nSPS) is 11.3. The van der Waals surface area contributed by atoms with Gasteiger partial charge in [-0.1, -0.05) is 36.4 Å². The van der Waals surface area contributed by atoms with E-state index >= 15 is 0 Å². The molecule has 0 spiro atoms. The van der Waals surface area contributed by atoms with Gasteiger partial charge in [-0.25, -0.2) is 13.1 Å². The van der Waals surface area contributed by atoms with E-state index in [4.69, 9.17) is 4.42 Å². The minimum absolute atomic E-state index is 0.0455. The Kier molecular flexibility index (Phi) is 6.85. The highest BCUT2D eigenvalue weighted by Crippen LogP contribution is 2.16. The molecule has 2 aromatic carbocycles. The fourth-order valence-corrected chi connectivity index (χ4v) is 3.93. The quantitative estimate of drug-likeness (QED) is 0.527. The number of sulfonamides is 1. The Morgan fingerprint density at radius 1 is 1.03 bits per heavy atom. The standard InChI is InChI=1S/C22H24N2O4S/c1-17-11-12-20(29(26,27)24-16-19-10-6-14-28-19)15-21(17)22(25)23-13-5-9-18-7-3-2-4-8-18/h2-4,6-8,10-12,14-15,24H,5,9,13,16H2,1H3,(H,23,25). The summed E-state index contributed by atoms with van der Waals surface area (Å²) in [7, 11) is -3.76. The van der Waals surface area contributed by atoms with E-state index in [-0.39, 0.29) is 17.3 Å². The number of carbonyl (C=O) groups is 1. The monoisotopic (exact) mass is 412 g/mol. The SMILES string of the molecule is Cc1ccc(S(=O)(=O)NCc2ccco2)cc1C(=O)NCCCc1ccccc1. The summed E-state index contributed by atoms with van der Waals surface area (Å²) in [6.45, 7) is 2.34. The van der Waals surface area contributed by atoms with Crippen molar-refractivity contribution in [2.75, 3.05) is 6.54 Å². The molecule has 3 aromatic rings. The van der Waals surface area contributed by atoms with Crippen LogP contribution in [0.5, 0.6) is 0 Å². The van der Waals surface area contributed by atoms with Gasteiger partial charge in [0.05, 0.1) is 17.7 Å². The summed E-state index contributed by atoms with van der Waals surface area (Å²) >= 11 is 0. The van der Waals surface area contributed by atoms with E-state index in [1.807, 2.05) is 18.2 Å². The topological polar surface area (TPSA) is 88.4 Å². The lowest BCUT2D eigenvalue weighted by Crippen LogP contribution is -2.27. The minimum Gasteiger partial charge on any atom is -0.468 e. The lowest BCUT2D eigenvalue weighted by atomic mass is 10.1. The van der Waals surface area contributed by atoms with Crippen molar-refractivity contribution < 1.29 is 17.6 Å². The average Bonchev–Trinajstić information content (AvgIpc) is 3.24. The highest BCUT2D eigenvalue weighted by atomic mass is 32.2. The first kappa shape index (κ1) is 20.8. The van der Waals surface area contributed by atoms with E-state index in [1.54, 1.807) is 25.1 Å². The van der Waals surface area contributed by atoms with Crippen LogP contribution in [0.15, 0.2) is 76.2 Å². The van der Waals surface area contributed by atoms with Crippen molar-refractivity contribution in [3.63, 3.8) is 0 Å². The van der Waals surface area contributed by atoms with Crippen LogP contribution in [0.25, 0.3) is 0 Å². The Morgan fingerprint density at radius 3 is 2.55 bits per heavy atom. The van der Waals surface area contributed by atoms with Gasteiger partial charge in [-0.2, -0.15) is 0 Å². The number of aryl methyl sites for hydroxylation is 2. The van der Waals surface area contributed by atoms with Gasteiger partial charge in [-0.05, 0) is 55.2 Å². The molecule has 152 valence electrons. The van der Waals surface area contributed by atoms with Crippen LogP contribution in [0.1, 0.15) is 33.7 Å². The second-order valence-corrected chi connectivity index (χ2v) is 8.49. The van der Waals surface area contributed by atoms with Crippen LogP contribution in [0.4, 0.5) is 0 Å². The third-order valence-electron chi connectivity index (χ3n) is 4.55. The molecule has 1 amide bonds. The molecule has 0 atom stereocenters. The van der Waals surface area contributed by atoms with Crippen molar-refractivity contribution in [1.82, 2.24) is 10.0 Å².